The lowest BCUT2D eigenvalue weighted by atomic mass is 10.0. The Morgan fingerprint density at radius 1 is 0.917 bits per heavy atom. The van der Waals surface area contributed by atoms with Gasteiger partial charge in [-0.15, -0.1) is 0 Å². The number of carbonyl (C=O) groups is 1. The monoisotopic (exact) mass is 336 g/mol. The maximum Gasteiger partial charge on any atom is 0.167 e. The van der Waals surface area contributed by atoms with E-state index < -0.39 is 0 Å². The molecule has 0 heterocycles. The zero-order valence-corrected chi connectivity index (χ0v) is 15.8. The van der Waals surface area contributed by atoms with Gasteiger partial charge in [0, 0.05) is 12.0 Å². The Morgan fingerprint density at radius 3 is 2.08 bits per heavy atom. The highest BCUT2D eigenvalue weighted by Gasteiger charge is 2.17. The molecule has 0 N–H and O–H groups in total. The second kappa shape index (κ2) is 11.0. The van der Waals surface area contributed by atoms with Gasteiger partial charge < -0.3 is 19.0 Å². The van der Waals surface area contributed by atoms with Gasteiger partial charge in [-0.25, -0.2) is 0 Å². The third kappa shape index (κ3) is 6.81. The summed E-state index contributed by atoms with van der Waals surface area (Å²) in [4.78, 5) is 10.4. The van der Waals surface area contributed by atoms with E-state index in [1.807, 2.05) is 39.8 Å². The fourth-order valence-corrected chi connectivity index (χ4v) is 2.64. The number of aldehydes is 1. The van der Waals surface area contributed by atoms with Crippen LogP contribution < -0.4 is 14.2 Å². The molecule has 0 atom stereocenters. The Bertz CT molecular complexity index is 495. The van der Waals surface area contributed by atoms with E-state index in [9.17, 15) is 4.79 Å². The summed E-state index contributed by atoms with van der Waals surface area (Å²) in [7, 11) is 1.68. The van der Waals surface area contributed by atoms with Gasteiger partial charge in [-0.3, -0.25) is 0 Å². The van der Waals surface area contributed by atoms with Gasteiger partial charge in [0.15, 0.2) is 11.5 Å². The van der Waals surface area contributed by atoms with Crippen molar-refractivity contribution in [3.63, 3.8) is 0 Å². The molecule has 4 heteroatoms. The second-order valence-electron chi connectivity index (χ2n) is 6.53. The quantitative estimate of drug-likeness (QED) is 0.400. The molecule has 0 aliphatic heterocycles. The van der Waals surface area contributed by atoms with Crippen molar-refractivity contribution in [1.82, 2.24) is 0 Å². The van der Waals surface area contributed by atoms with Crippen molar-refractivity contribution < 1.29 is 19.0 Å². The van der Waals surface area contributed by atoms with Crippen LogP contribution in [0.1, 0.15) is 65.4 Å². The van der Waals surface area contributed by atoms with Gasteiger partial charge in [0.1, 0.15) is 12.0 Å². The van der Waals surface area contributed by atoms with Crippen molar-refractivity contribution in [2.24, 2.45) is 0 Å². The maximum absolute atomic E-state index is 10.4. The van der Waals surface area contributed by atoms with Crippen molar-refractivity contribution in [1.29, 1.82) is 0 Å². The molecule has 0 amide bonds. The number of ether oxygens (including phenoxy) is 3. The molecule has 1 aromatic rings. The van der Waals surface area contributed by atoms with E-state index >= 15 is 0 Å². The Labute approximate surface area is 146 Å². The minimum absolute atomic E-state index is 0.0898. The van der Waals surface area contributed by atoms with Gasteiger partial charge in [-0.2, -0.15) is 0 Å². The van der Waals surface area contributed by atoms with Crippen LogP contribution in [0.25, 0.3) is 0 Å². The molecule has 1 aromatic carbocycles. The lowest BCUT2D eigenvalue weighted by Gasteiger charge is -2.21. The Balaban J connectivity index is 2.90. The van der Waals surface area contributed by atoms with E-state index in [2.05, 4.69) is 0 Å². The Kier molecular flexibility index (Phi) is 9.28. The minimum Gasteiger partial charge on any atom is -0.492 e. The molecule has 0 aliphatic rings. The second-order valence-corrected chi connectivity index (χ2v) is 6.53. The normalized spacial score (nSPS) is 11.0. The molecule has 0 aromatic heterocycles. The van der Waals surface area contributed by atoms with E-state index in [4.69, 9.17) is 14.2 Å². The number of unbranched alkanes of at least 4 members (excludes halogenated alkanes) is 4. The van der Waals surface area contributed by atoms with Crippen LogP contribution in [-0.4, -0.2) is 25.6 Å². The number of hydrogen-bond donors (Lipinski definition) is 0. The molecule has 0 spiro atoms. The summed E-state index contributed by atoms with van der Waals surface area (Å²) in [5, 5.41) is 0. The zero-order valence-electron chi connectivity index (χ0n) is 15.8. The van der Waals surface area contributed by atoms with Crippen LogP contribution in [0.15, 0.2) is 12.1 Å². The largest absolute Gasteiger partial charge is 0.492 e. The molecule has 0 saturated heterocycles. The van der Waals surface area contributed by atoms with Crippen molar-refractivity contribution in [2.45, 2.75) is 78.4 Å². The molecule has 0 saturated carbocycles. The fraction of sp³-hybridized carbons (Fsp3) is 0.650. The predicted molar refractivity (Wildman–Crippen MR) is 97.4 cm³/mol. The predicted octanol–water partition coefficient (Wildman–Crippen LogP) is 4.96. The van der Waals surface area contributed by atoms with E-state index in [1.54, 1.807) is 7.11 Å². The van der Waals surface area contributed by atoms with E-state index in [0.29, 0.717) is 6.42 Å². The first-order valence-electron chi connectivity index (χ1n) is 8.96. The number of hydrogen-bond acceptors (Lipinski definition) is 4. The highest BCUT2D eigenvalue weighted by molar-refractivity contribution is 5.54. The van der Waals surface area contributed by atoms with Crippen molar-refractivity contribution >= 4 is 6.29 Å². The molecule has 0 unspecified atom stereocenters. The van der Waals surface area contributed by atoms with Crippen LogP contribution in [0.5, 0.6) is 17.2 Å². The molecular formula is C20H32O4. The van der Waals surface area contributed by atoms with Gasteiger partial charge >= 0.3 is 0 Å². The number of carbonyl (C=O) groups excluding carboxylic acids is 1. The van der Waals surface area contributed by atoms with Gasteiger partial charge in [-0.1, -0.05) is 12.8 Å². The van der Waals surface area contributed by atoms with Crippen molar-refractivity contribution in [2.75, 3.05) is 7.11 Å². The average Bonchev–Trinajstić information content (AvgIpc) is 2.51. The van der Waals surface area contributed by atoms with Gasteiger partial charge in [0.25, 0.3) is 0 Å². The molecule has 0 radical (unpaired) electrons. The Morgan fingerprint density at radius 2 is 1.50 bits per heavy atom. The van der Waals surface area contributed by atoms with Crippen LogP contribution in [-0.2, 0) is 11.2 Å². The third-order valence-electron chi connectivity index (χ3n) is 3.61. The van der Waals surface area contributed by atoms with Crippen molar-refractivity contribution in [3.05, 3.63) is 17.7 Å². The van der Waals surface area contributed by atoms with Gasteiger partial charge in [0.2, 0.25) is 0 Å². The molecule has 0 aliphatic carbocycles. The molecule has 24 heavy (non-hydrogen) atoms. The third-order valence-corrected chi connectivity index (χ3v) is 3.61. The van der Waals surface area contributed by atoms with E-state index in [-0.39, 0.29) is 12.2 Å². The summed E-state index contributed by atoms with van der Waals surface area (Å²) in [6.07, 6.45) is 6.89. The molecule has 0 fully saturated rings. The number of methoxy groups -OCH3 is 1. The summed E-state index contributed by atoms with van der Waals surface area (Å²) >= 11 is 0. The van der Waals surface area contributed by atoms with Crippen molar-refractivity contribution in [3.8, 4) is 17.2 Å². The summed E-state index contributed by atoms with van der Waals surface area (Å²) in [6, 6.07) is 3.89. The van der Waals surface area contributed by atoms with Crippen LogP contribution in [0, 0.1) is 0 Å². The number of benzene rings is 1. The highest BCUT2D eigenvalue weighted by atomic mass is 16.5. The smallest absolute Gasteiger partial charge is 0.167 e. The molecule has 1 rings (SSSR count). The molecule has 0 bridgehead atoms. The standard InChI is InChI=1S/C20H32O4/c1-15(2)23-18-12-13-19(24-16(3)4)20(22-5)17(18)11-9-7-6-8-10-14-21/h12-16H,6-11H2,1-5H3. The lowest BCUT2D eigenvalue weighted by molar-refractivity contribution is -0.107. The summed E-state index contributed by atoms with van der Waals surface area (Å²) in [5.74, 6) is 2.40. The SMILES string of the molecule is COc1c(OC(C)C)ccc(OC(C)C)c1CCCCCCC=O. The Hall–Kier alpha value is -1.71. The van der Waals surface area contributed by atoms with Gasteiger partial charge in [0.05, 0.1) is 19.3 Å². The number of rotatable bonds is 12. The topological polar surface area (TPSA) is 44.8 Å². The first-order valence-corrected chi connectivity index (χ1v) is 8.96. The lowest BCUT2D eigenvalue weighted by Crippen LogP contribution is -2.11. The molecular weight excluding hydrogens is 304 g/mol. The summed E-state index contributed by atoms with van der Waals surface area (Å²) < 4.78 is 17.5. The van der Waals surface area contributed by atoms with Crippen LogP contribution >= 0.6 is 0 Å². The van der Waals surface area contributed by atoms with E-state index in [1.165, 1.54) is 0 Å². The average molecular weight is 336 g/mol. The first kappa shape index (κ1) is 20.3. The maximum atomic E-state index is 10.4. The molecule has 4 nitrogen and oxygen atoms in total. The summed E-state index contributed by atoms with van der Waals surface area (Å²) in [6.45, 7) is 8.05. The van der Waals surface area contributed by atoms with Gasteiger partial charge in [-0.05, 0) is 59.1 Å². The van der Waals surface area contributed by atoms with Crippen LogP contribution in [0.3, 0.4) is 0 Å². The fourth-order valence-electron chi connectivity index (χ4n) is 2.64. The highest BCUT2D eigenvalue weighted by Crippen LogP contribution is 2.39. The summed E-state index contributed by atoms with van der Waals surface area (Å²) in [5.41, 5.74) is 1.07. The minimum atomic E-state index is 0.0898. The van der Waals surface area contributed by atoms with Crippen LogP contribution in [0.2, 0.25) is 0 Å². The van der Waals surface area contributed by atoms with E-state index in [0.717, 1.165) is 61.2 Å². The first-order chi connectivity index (χ1) is 11.5. The van der Waals surface area contributed by atoms with Crippen LogP contribution in [0.4, 0.5) is 0 Å². The zero-order chi connectivity index (χ0) is 17.9. The molecule has 136 valence electrons.